The Labute approximate surface area is 388 Å². The molecule has 1 heterocycles. The molecule has 4 unspecified atom stereocenters. The van der Waals surface area contributed by atoms with Crippen molar-refractivity contribution in [2.45, 2.75) is 103 Å². The maximum atomic E-state index is 11.4. The number of aliphatic hydroxyl groups excluding tert-OH is 4. The lowest BCUT2D eigenvalue weighted by atomic mass is 10.1. The minimum absolute atomic E-state index is 0.0242. The number of phenols is 2. The van der Waals surface area contributed by atoms with Crippen molar-refractivity contribution in [3.63, 3.8) is 0 Å². The first-order chi connectivity index (χ1) is 32.0. The molecule has 17 nitrogen and oxygen atoms in total. The van der Waals surface area contributed by atoms with E-state index in [1.54, 1.807) is 42.5 Å². The van der Waals surface area contributed by atoms with Gasteiger partial charge in [-0.05, 0) is 62.1 Å². The molecule has 0 aliphatic rings. The van der Waals surface area contributed by atoms with Gasteiger partial charge in [-0.1, -0.05) is 53.4 Å². The van der Waals surface area contributed by atoms with E-state index in [4.69, 9.17) is 47.9 Å². The number of phenolic OH excluding ortho intramolecular Hbond substituents is 2. The second kappa shape index (κ2) is 30.4. The summed E-state index contributed by atoms with van der Waals surface area (Å²) in [6.07, 6.45) is 3.74. The van der Waals surface area contributed by atoms with E-state index in [1.807, 2.05) is 6.92 Å². The van der Waals surface area contributed by atoms with E-state index >= 15 is 0 Å². The third-order valence-corrected chi connectivity index (χ3v) is 9.82. The van der Waals surface area contributed by atoms with Gasteiger partial charge in [0.15, 0.2) is 17.5 Å². The molecule has 0 aliphatic heterocycles. The van der Waals surface area contributed by atoms with Gasteiger partial charge in [-0.3, -0.25) is 0 Å². The summed E-state index contributed by atoms with van der Waals surface area (Å²) in [5.41, 5.74) is 0.740. The van der Waals surface area contributed by atoms with Crippen molar-refractivity contribution in [1.29, 1.82) is 0 Å². The average Bonchev–Trinajstić information content (AvgIpc) is 3.31. The van der Waals surface area contributed by atoms with Crippen LogP contribution in [0.1, 0.15) is 79.1 Å². The predicted molar refractivity (Wildman–Crippen MR) is 248 cm³/mol. The van der Waals surface area contributed by atoms with E-state index in [1.165, 1.54) is 12.1 Å². The van der Waals surface area contributed by atoms with Crippen LogP contribution in [-0.2, 0) is 18.9 Å². The second-order valence-electron chi connectivity index (χ2n) is 15.9. The van der Waals surface area contributed by atoms with Crippen LogP contribution in [0.15, 0.2) is 54.6 Å². The Morgan fingerprint density at radius 3 is 1.03 bits per heavy atom. The van der Waals surface area contributed by atoms with Gasteiger partial charge in [0.2, 0.25) is 0 Å². The largest absolute Gasteiger partial charge is 0.507 e. The number of aliphatic hydroxyl groups is 4. The van der Waals surface area contributed by atoms with Gasteiger partial charge in [-0.2, -0.15) is 0 Å². The van der Waals surface area contributed by atoms with E-state index in [2.05, 4.69) is 25.8 Å². The first-order valence-electron chi connectivity index (χ1n) is 23.2. The van der Waals surface area contributed by atoms with Crippen LogP contribution in [0.5, 0.6) is 34.5 Å². The van der Waals surface area contributed by atoms with Crippen LogP contribution in [0, 0.1) is 0 Å². The molecular formula is C49H71N3O14. The molecule has 0 amide bonds. The fraction of sp³-hybridized carbons (Fsp3) is 0.571. The first kappa shape index (κ1) is 53.8. The highest BCUT2D eigenvalue weighted by Crippen LogP contribution is 2.38. The number of hydrogen-bond donors (Lipinski definition) is 6. The zero-order chi connectivity index (χ0) is 47.5. The van der Waals surface area contributed by atoms with Crippen LogP contribution in [0.4, 0.5) is 0 Å². The molecule has 4 atom stereocenters. The van der Waals surface area contributed by atoms with Crippen LogP contribution >= 0.6 is 0 Å². The third kappa shape index (κ3) is 19.2. The fourth-order valence-electron chi connectivity index (χ4n) is 6.03. The summed E-state index contributed by atoms with van der Waals surface area (Å²) in [6.45, 7) is 10.3. The minimum atomic E-state index is -0.981. The Balaban J connectivity index is 1.70. The third-order valence-electron chi connectivity index (χ3n) is 9.82. The zero-order valence-corrected chi connectivity index (χ0v) is 38.9. The van der Waals surface area contributed by atoms with E-state index in [-0.39, 0.29) is 110 Å². The predicted octanol–water partition coefficient (Wildman–Crippen LogP) is 6.51. The smallest absolute Gasteiger partial charge is 0.167 e. The number of rotatable bonds is 35. The fourth-order valence-corrected chi connectivity index (χ4v) is 6.03. The van der Waals surface area contributed by atoms with E-state index < -0.39 is 24.4 Å². The Morgan fingerprint density at radius 2 is 0.697 bits per heavy atom. The molecule has 0 fully saturated rings. The first-order valence-corrected chi connectivity index (χ1v) is 23.2. The average molecular weight is 926 g/mol. The number of benzene rings is 3. The van der Waals surface area contributed by atoms with Crippen LogP contribution in [0.2, 0.25) is 0 Å². The Hall–Kier alpha value is -4.85. The molecule has 4 rings (SSSR count). The molecule has 4 aromatic rings. The topological polar surface area (TPSA) is 234 Å². The molecule has 17 heteroatoms. The summed E-state index contributed by atoms with van der Waals surface area (Å²) in [5, 5.41) is 64.8. The van der Waals surface area contributed by atoms with Crippen LogP contribution < -0.4 is 18.9 Å². The van der Waals surface area contributed by atoms with Gasteiger partial charge in [0.05, 0.1) is 43.1 Å². The minimum Gasteiger partial charge on any atom is -0.507 e. The van der Waals surface area contributed by atoms with Gasteiger partial charge in [0.1, 0.15) is 85.3 Å². The molecule has 3 aromatic carbocycles. The summed E-state index contributed by atoms with van der Waals surface area (Å²) in [6, 6.07) is 14.0. The number of unbranched alkanes of at least 4 members (excludes halogenated alkanes) is 4. The monoisotopic (exact) mass is 925 g/mol. The van der Waals surface area contributed by atoms with Gasteiger partial charge in [-0.25, -0.2) is 15.0 Å². The Morgan fingerprint density at radius 1 is 0.394 bits per heavy atom. The lowest BCUT2D eigenvalue weighted by molar-refractivity contribution is 0.00996. The lowest BCUT2D eigenvalue weighted by Crippen LogP contribution is -2.24. The summed E-state index contributed by atoms with van der Waals surface area (Å²) in [5.74, 6) is 0.777. The number of aromatic hydroxyl groups is 2. The van der Waals surface area contributed by atoms with Crippen molar-refractivity contribution in [2.75, 3.05) is 79.3 Å². The zero-order valence-electron chi connectivity index (χ0n) is 38.9. The molecule has 1 aromatic heterocycles. The highest BCUT2D eigenvalue weighted by molar-refractivity contribution is 5.74. The molecule has 0 bridgehead atoms. The molecule has 66 heavy (non-hydrogen) atoms. The normalized spacial score (nSPS) is 13.3. The molecule has 0 spiro atoms. The second-order valence-corrected chi connectivity index (χ2v) is 15.9. The number of nitrogens with zero attached hydrogens (tertiary/aromatic N) is 3. The van der Waals surface area contributed by atoms with Crippen molar-refractivity contribution in [1.82, 2.24) is 15.0 Å². The molecule has 0 saturated carbocycles. The molecule has 0 aliphatic carbocycles. The van der Waals surface area contributed by atoms with E-state index in [9.17, 15) is 30.6 Å². The lowest BCUT2D eigenvalue weighted by Gasteiger charge is -2.18. The Kier molecular flexibility index (Phi) is 24.8. The SMILES string of the molecule is CCCCOCC(O)COc1ccc(-c2nc(-c3ccc(OCC(O)COCCCC)cc3O)nc(-c3ccc(OCC(O)COCCCC)cc3OCC(O)COCCCC)n2)c(O)c1. The summed E-state index contributed by atoms with van der Waals surface area (Å²) < 4.78 is 45.8. The van der Waals surface area contributed by atoms with Crippen molar-refractivity contribution in [3.8, 4) is 68.7 Å². The number of ether oxygens (including phenoxy) is 8. The van der Waals surface area contributed by atoms with E-state index in [0.29, 0.717) is 37.7 Å². The molecule has 6 N–H and O–H groups in total. The molecule has 0 radical (unpaired) electrons. The van der Waals surface area contributed by atoms with Crippen molar-refractivity contribution in [2.24, 2.45) is 0 Å². The Bertz CT molecular complexity index is 1880. The van der Waals surface area contributed by atoms with Crippen molar-refractivity contribution in [3.05, 3.63) is 54.6 Å². The highest BCUT2D eigenvalue weighted by atomic mass is 16.5. The molecular weight excluding hydrogens is 855 g/mol. The van der Waals surface area contributed by atoms with Crippen LogP contribution in [-0.4, -0.2) is 149 Å². The van der Waals surface area contributed by atoms with Gasteiger partial charge >= 0.3 is 0 Å². The molecule has 0 saturated heterocycles. The van der Waals surface area contributed by atoms with Crippen LogP contribution in [0.25, 0.3) is 34.2 Å². The van der Waals surface area contributed by atoms with Gasteiger partial charge in [0.25, 0.3) is 0 Å². The quantitative estimate of drug-likeness (QED) is 0.0270. The number of hydrogen-bond acceptors (Lipinski definition) is 17. The molecule has 366 valence electrons. The maximum absolute atomic E-state index is 11.4. The van der Waals surface area contributed by atoms with Crippen molar-refractivity contribution >= 4 is 0 Å². The highest BCUT2D eigenvalue weighted by Gasteiger charge is 2.22. The summed E-state index contributed by atoms with van der Waals surface area (Å²) >= 11 is 0. The van der Waals surface area contributed by atoms with Crippen LogP contribution in [0.3, 0.4) is 0 Å². The van der Waals surface area contributed by atoms with Crippen molar-refractivity contribution < 1.29 is 68.5 Å². The summed E-state index contributed by atoms with van der Waals surface area (Å²) in [4.78, 5) is 14.2. The van der Waals surface area contributed by atoms with Gasteiger partial charge in [0, 0.05) is 44.6 Å². The van der Waals surface area contributed by atoms with Gasteiger partial charge in [-0.15, -0.1) is 0 Å². The summed E-state index contributed by atoms with van der Waals surface area (Å²) in [7, 11) is 0. The van der Waals surface area contributed by atoms with Gasteiger partial charge < -0.3 is 68.5 Å². The standard InChI is InChI=1S/C49H71N3O14/c1-5-9-19-59-26-34(53)30-63-38-13-16-41(44(57)23-38)47-50-48(42-17-14-39(24-45(42)58)64-31-35(54)27-60-20-10-6-2)52-49(51-47)43-18-15-40(65-32-36(55)28-61-21-11-7-3)25-46(43)66-33-37(56)29-62-22-12-8-4/h13-18,23-25,34-37,53-58H,5-12,19-22,26-33H2,1-4H3. The maximum Gasteiger partial charge on any atom is 0.167 e. The van der Waals surface area contributed by atoms with E-state index in [0.717, 1.165) is 51.4 Å². The number of aromatic nitrogens is 3.